The van der Waals surface area contributed by atoms with Crippen molar-refractivity contribution in [3.8, 4) is 5.75 Å². The number of benzene rings is 1. The van der Waals surface area contributed by atoms with Gasteiger partial charge < -0.3 is 9.64 Å². The molecule has 0 aliphatic rings. The van der Waals surface area contributed by atoms with E-state index in [4.69, 9.17) is 4.74 Å². The standard InChI is InChI=1S/C13H20BrNO/c1-11(10-14)15(2)9-8-12-4-6-13(16-3)7-5-12/h4-7,11H,8-10H2,1-3H3. The van der Waals surface area contributed by atoms with Crippen LogP contribution in [0.15, 0.2) is 24.3 Å². The van der Waals surface area contributed by atoms with Gasteiger partial charge in [-0.3, -0.25) is 0 Å². The molecule has 90 valence electrons. The third-order valence-electron chi connectivity index (χ3n) is 2.89. The van der Waals surface area contributed by atoms with Crippen LogP contribution in [-0.2, 0) is 6.42 Å². The topological polar surface area (TPSA) is 12.5 Å². The van der Waals surface area contributed by atoms with Crippen molar-refractivity contribution in [3.05, 3.63) is 29.8 Å². The number of nitrogens with zero attached hydrogens (tertiary/aromatic N) is 1. The Balaban J connectivity index is 2.42. The van der Waals surface area contributed by atoms with Crippen molar-refractivity contribution in [1.29, 1.82) is 0 Å². The number of hydrogen-bond acceptors (Lipinski definition) is 2. The van der Waals surface area contributed by atoms with Crippen LogP contribution in [0, 0.1) is 0 Å². The molecular formula is C13H20BrNO. The maximum atomic E-state index is 5.13. The van der Waals surface area contributed by atoms with Gasteiger partial charge in [-0.15, -0.1) is 0 Å². The number of likely N-dealkylation sites (N-methyl/N-ethyl adjacent to an activating group) is 1. The highest BCUT2D eigenvalue weighted by Crippen LogP contribution is 2.12. The molecule has 1 unspecified atom stereocenters. The van der Waals surface area contributed by atoms with E-state index in [9.17, 15) is 0 Å². The maximum Gasteiger partial charge on any atom is 0.118 e. The first-order valence-corrected chi connectivity index (χ1v) is 6.68. The molecule has 16 heavy (non-hydrogen) atoms. The Morgan fingerprint density at radius 3 is 2.44 bits per heavy atom. The Morgan fingerprint density at radius 2 is 1.94 bits per heavy atom. The van der Waals surface area contributed by atoms with E-state index in [0.717, 1.165) is 24.0 Å². The van der Waals surface area contributed by atoms with Crippen LogP contribution in [0.4, 0.5) is 0 Å². The molecule has 0 bridgehead atoms. The van der Waals surface area contributed by atoms with Crippen molar-refractivity contribution >= 4 is 15.9 Å². The van der Waals surface area contributed by atoms with Gasteiger partial charge in [0, 0.05) is 17.9 Å². The second-order valence-corrected chi connectivity index (χ2v) is 4.73. The van der Waals surface area contributed by atoms with Crippen LogP contribution in [0.1, 0.15) is 12.5 Å². The number of halogens is 1. The van der Waals surface area contributed by atoms with Gasteiger partial charge in [0.2, 0.25) is 0 Å². The van der Waals surface area contributed by atoms with Gasteiger partial charge in [0.25, 0.3) is 0 Å². The summed E-state index contributed by atoms with van der Waals surface area (Å²) >= 11 is 3.50. The van der Waals surface area contributed by atoms with E-state index in [-0.39, 0.29) is 0 Å². The van der Waals surface area contributed by atoms with E-state index in [1.165, 1.54) is 5.56 Å². The summed E-state index contributed by atoms with van der Waals surface area (Å²) in [6.07, 6.45) is 1.08. The third-order valence-corrected chi connectivity index (χ3v) is 3.83. The second kappa shape index (κ2) is 6.92. The molecule has 0 N–H and O–H groups in total. The predicted octanol–water partition coefficient (Wildman–Crippen LogP) is 2.95. The molecule has 0 aromatic heterocycles. The number of ether oxygens (including phenoxy) is 1. The summed E-state index contributed by atoms with van der Waals surface area (Å²) in [6, 6.07) is 8.88. The molecule has 0 spiro atoms. The van der Waals surface area contributed by atoms with Crippen LogP contribution in [0.25, 0.3) is 0 Å². The van der Waals surface area contributed by atoms with E-state index in [0.29, 0.717) is 6.04 Å². The summed E-state index contributed by atoms with van der Waals surface area (Å²) in [6.45, 7) is 3.31. The maximum absolute atomic E-state index is 5.13. The van der Waals surface area contributed by atoms with E-state index >= 15 is 0 Å². The number of rotatable bonds is 6. The van der Waals surface area contributed by atoms with Crippen molar-refractivity contribution in [3.63, 3.8) is 0 Å². The lowest BCUT2D eigenvalue weighted by Crippen LogP contribution is -2.32. The first-order chi connectivity index (χ1) is 7.67. The van der Waals surface area contributed by atoms with Gasteiger partial charge in [-0.1, -0.05) is 28.1 Å². The molecule has 0 heterocycles. The SMILES string of the molecule is COc1ccc(CCN(C)C(C)CBr)cc1. The fourth-order valence-electron chi connectivity index (χ4n) is 1.44. The van der Waals surface area contributed by atoms with Crippen LogP contribution in [0.5, 0.6) is 5.75 Å². The minimum Gasteiger partial charge on any atom is -0.497 e. The molecule has 0 aliphatic heterocycles. The van der Waals surface area contributed by atoms with Crippen molar-refractivity contribution in [2.45, 2.75) is 19.4 Å². The predicted molar refractivity (Wildman–Crippen MR) is 72.6 cm³/mol. The lowest BCUT2D eigenvalue weighted by molar-refractivity contribution is 0.282. The molecule has 0 aliphatic carbocycles. The Morgan fingerprint density at radius 1 is 1.31 bits per heavy atom. The van der Waals surface area contributed by atoms with E-state index in [1.807, 2.05) is 12.1 Å². The highest BCUT2D eigenvalue weighted by molar-refractivity contribution is 9.09. The first kappa shape index (κ1) is 13.5. The molecule has 0 amide bonds. The molecular weight excluding hydrogens is 266 g/mol. The zero-order valence-electron chi connectivity index (χ0n) is 10.2. The summed E-state index contributed by atoms with van der Waals surface area (Å²) in [5.41, 5.74) is 1.36. The minimum absolute atomic E-state index is 0.582. The van der Waals surface area contributed by atoms with Gasteiger partial charge in [0.1, 0.15) is 5.75 Å². The van der Waals surface area contributed by atoms with Crippen LogP contribution in [0.3, 0.4) is 0 Å². The van der Waals surface area contributed by atoms with E-state index in [1.54, 1.807) is 7.11 Å². The van der Waals surface area contributed by atoms with Gasteiger partial charge >= 0.3 is 0 Å². The number of alkyl halides is 1. The average molecular weight is 286 g/mol. The zero-order valence-corrected chi connectivity index (χ0v) is 11.8. The molecule has 1 rings (SSSR count). The molecule has 0 radical (unpaired) electrons. The second-order valence-electron chi connectivity index (χ2n) is 4.08. The molecule has 0 fully saturated rings. The fourth-order valence-corrected chi connectivity index (χ4v) is 1.93. The number of methoxy groups -OCH3 is 1. The molecule has 3 heteroatoms. The van der Waals surface area contributed by atoms with Crippen LogP contribution < -0.4 is 4.74 Å². The Bertz CT molecular complexity index is 299. The Labute approximate surface area is 107 Å². The summed E-state index contributed by atoms with van der Waals surface area (Å²) in [4.78, 5) is 2.36. The average Bonchev–Trinajstić information content (AvgIpc) is 2.35. The van der Waals surface area contributed by atoms with Gasteiger partial charge in [0.05, 0.1) is 7.11 Å². The van der Waals surface area contributed by atoms with Crippen LogP contribution in [-0.4, -0.2) is 37.0 Å². The number of hydrogen-bond donors (Lipinski definition) is 0. The largest absolute Gasteiger partial charge is 0.497 e. The molecule has 1 atom stereocenters. The van der Waals surface area contributed by atoms with E-state index in [2.05, 4.69) is 46.9 Å². The molecule has 2 nitrogen and oxygen atoms in total. The third kappa shape index (κ3) is 4.14. The van der Waals surface area contributed by atoms with Crippen molar-refractivity contribution in [1.82, 2.24) is 4.90 Å². The Kier molecular flexibility index (Phi) is 5.85. The fraction of sp³-hybridized carbons (Fsp3) is 0.538. The quantitative estimate of drug-likeness (QED) is 0.745. The molecule has 1 aromatic rings. The minimum atomic E-state index is 0.582. The van der Waals surface area contributed by atoms with Crippen molar-refractivity contribution in [2.75, 3.05) is 26.0 Å². The normalized spacial score (nSPS) is 12.8. The summed E-state index contributed by atoms with van der Waals surface area (Å²) in [7, 11) is 3.86. The smallest absolute Gasteiger partial charge is 0.118 e. The lowest BCUT2D eigenvalue weighted by atomic mass is 10.1. The summed E-state index contributed by atoms with van der Waals surface area (Å²) in [5.74, 6) is 0.922. The van der Waals surface area contributed by atoms with E-state index < -0.39 is 0 Å². The molecule has 0 saturated carbocycles. The highest BCUT2D eigenvalue weighted by Gasteiger charge is 2.06. The summed E-state index contributed by atoms with van der Waals surface area (Å²) < 4.78 is 5.13. The summed E-state index contributed by atoms with van der Waals surface area (Å²) in [5, 5.41) is 1.02. The first-order valence-electron chi connectivity index (χ1n) is 5.56. The zero-order chi connectivity index (χ0) is 12.0. The van der Waals surface area contributed by atoms with Gasteiger partial charge in [-0.05, 0) is 38.1 Å². The van der Waals surface area contributed by atoms with Crippen LogP contribution in [0.2, 0.25) is 0 Å². The van der Waals surface area contributed by atoms with Crippen molar-refractivity contribution in [2.24, 2.45) is 0 Å². The monoisotopic (exact) mass is 285 g/mol. The lowest BCUT2D eigenvalue weighted by Gasteiger charge is -2.22. The van der Waals surface area contributed by atoms with Gasteiger partial charge in [0.15, 0.2) is 0 Å². The van der Waals surface area contributed by atoms with Crippen LogP contribution >= 0.6 is 15.9 Å². The highest BCUT2D eigenvalue weighted by atomic mass is 79.9. The molecule has 1 aromatic carbocycles. The van der Waals surface area contributed by atoms with Gasteiger partial charge in [-0.2, -0.15) is 0 Å². The van der Waals surface area contributed by atoms with Gasteiger partial charge in [-0.25, -0.2) is 0 Å². The Hall–Kier alpha value is -0.540. The molecule has 0 saturated heterocycles. The van der Waals surface area contributed by atoms with Crippen molar-refractivity contribution < 1.29 is 4.74 Å².